The van der Waals surface area contributed by atoms with E-state index in [1.165, 1.54) is 24.2 Å². The number of benzene rings is 1. The standard InChI is InChI=1S/C19H31N3OS.HI/c1-2-20-19(22-15-18-11-8-14-24-18)21-12-6-7-13-23-16-17-9-4-3-5-10-17;/h3-5,9-10,18H,2,6-8,11-16H2,1H3,(H2,20,21,22);1H. The van der Waals surface area contributed by atoms with Crippen LogP contribution < -0.4 is 10.6 Å². The molecule has 0 radical (unpaired) electrons. The quantitative estimate of drug-likeness (QED) is 0.231. The monoisotopic (exact) mass is 477 g/mol. The van der Waals surface area contributed by atoms with E-state index in [4.69, 9.17) is 9.73 Å². The number of rotatable bonds is 10. The van der Waals surface area contributed by atoms with Crippen molar-refractivity contribution >= 4 is 41.7 Å². The smallest absolute Gasteiger partial charge is 0.191 e. The van der Waals surface area contributed by atoms with Crippen LogP contribution in [0.2, 0.25) is 0 Å². The second kappa shape index (κ2) is 14.7. The van der Waals surface area contributed by atoms with Crippen LogP contribution in [0.15, 0.2) is 35.3 Å². The maximum absolute atomic E-state index is 5.71. The van der Waals surface area contributed by atoms with E-state index in [1.54, 1.807) is 0 Å². The highest BCUT2D eigenvalue weighted by molar-refractivity contribution is 14.0. The van der Waals surface area contributed by atoms with Gasteiger partial charge in [-0.3, -0.25) is 4.99 Å². The first kappa shape index (κ1) is 22.6. The van der Waals surface area contributed by atoms with Crippen LogP contribution in [0.4, 0.5) is 0 Å². The Labute approximate surface area is 174 Å². The summed E-state index contributed by atoms with van der Waals surface area (Å²) < 4.78 is 5.71. The normalized spacial score (nSPS) is 17.2. The van der Waals surface area contributed by atoms with Crippen molar-refractivity contribution < 1.29 is 4.74 Å². The van der Waals surface area contributed by atoms with E-state index in [-0.39, 0.29) is 24.0 Å². The minimum atomic E-state index is 0. The zero-order chi connectivity index (χ0) is 16.9. The highest BCUT2D eigenvalue weighted by Gasteiger charge is 2.14. The van der Waals surface area contributed by atoms with Gasteiger partial charge in [0.05, 0.1) is 13.2 Å². The van der Waals surface area contributed by atoms with Gasteiger partial charge >= 0.3 is 0 Å². The van der Waals surface area contributed by atoms with Crippen molar-refractivity contribution in [2.45, 2.75) is 44.5 Å². The first-order valence-corrected chi connectivity index (χ1v) is 10.2. The third-order valence-corrected chi connectivity index (χ3v) is 5.32. The van der Waals surface area contributed by atoms with Crippen LogP contribution in [-0.4, -0.2) is 43.2 Å². The molecule has 0 bridgehead atoms. The molecule has 0 saturated carbocycles. The van der Waals surface area contributed by atoms with Crippen molar-refractivity contribution in [2.75, 3.05) is 32.0 Å². The number of hydrogen-bond donors (Lipinski definition) is 2. The van der Waals surface area contributed by atoms with Crippen molar-refractivity contribution in [2.24, 2.45) is 4.99 Å². The highest BCUT2D eigenvalue weighted by Crippen LogP contribution is 2.25. The lowest BCUT2D eigenvalue weighted by molar-refractivity contribution is 0.117. The number of ether oxygens (including phenoxy) is 1. The highest BCUT2D eigenvalue weighted by atomic mass is 127. The summed E-state index contributed by atoms with van der Waals surface area (Å²) in [6.45, 7) is 6.40. The summed E-state index contributed by atoms with van der Waals surface area (Å²) in [4.78, 5) is 4.71. The van der Waals surface area contributed by atoms with E-state index in [0.29, 0.717) is 11.9 Å². The van der Waals surface area contributed by atoms with E-state index in [9.17, 15) is 0 Å². The number of thioether (sulfide) groups is 1. The Kier molecular flexibility index (Phi) is 13.2. The Bertz CT molecular complexity index is 467. The first-order chi connectivity index (χ1) is 11.9. The Morgan fingerprint density at radius 3 is 2.80 bits per heavy atom. The van der Waals surface area contributed by atoms with Gasteiger partial charge in [0.15, 0.2) is 5.96 Å². The Hall–Kier alpha value is -0.470. The van der Waals surface area contributed by atoms with Gasteiger partial charge < -0.3 is 15.4 Å². The van der Waals surface area contributed by atoms with E-state index < -0.39 is 0 Å². The average molecular weight is 477 g/mol. The molecule has 0 spiro atoms. The zero-order valence-electron chi connectivity index (χ0n) is 15.2. The maximum atomic E-state index is 5.71. The van der Waals surface area contributed by atoms with Gasteiger partial charge in [-0.2, -0.15) is 11.8 Å². The third-order valence-electron chi connectivity index (χ3n) is 3.94. The number of nitrogens with zero attached hydrogens (tertiary/aromatic N) is 1. The average Bonchev–Trinajstić information content (AvgIpc) is 3.13. The van der Waals surface area contributed by atoms with E-state index in [2.05, 4.69) is 41.5 Å². The number of guanidine groups is 1. The van der Waals surface area contributed by atoms with Crippen LogP contribution in [-0.2, 0) is 11.3 Å². The number of nitrogens with one attached hydrogen (secondary N) is 2. The topological polar surface area (TPSA) is 45.7 Å². The molecule has 1 saturated heterocycles. The molecule has 1 fully saturated rings. The van der Waals surface area contributed by atoms with Gasteiger partial charge in [0.1, 0.15) is 0 Å². The van der Waals surface area contributed by atoms with Gasteiger partial charge in [-0.25, -0.2) is 0 Å². The van der Waals surface area contributed by atoms with Crippen LogP contribution in [0.3, 0.4) is 0 Å². The molecule has 2 rings (SSSR count). The summed E-state index contributed by atoms with van der Waals surface area (Å²) in [6.07, 6.45) is 4.82. The molecule has 1 aliphatic heterocycles. The van der Waals surface area contributed by atoms with Gasteiger partial charge in [-0.1, -0.05) is 30.3 Å². The molecule has 0 aromatic heterocycles. The van der Waals surface area contributed by atoms with E-state index in [1.807, 2.05) is 18.2 Å². The third kappa shape index (κ3) is 10.3. The summed E-state index contributed by atoms with van der Waals surface area (Å²) in [5, 5.41) is 7.47. The molecule has 2 N–H and O–H groups in total. The number of aliphatic imine (C=N–C) groups is 1. The molecular formula is C19H32IN3OS. The molecule has 1 atom stereocenters. The molecule has 4 nitrogen and oxygen atoms in total. The minimum absolute atomic E-state index is 0. The molecule has 0 aliphatic carbocycles. The fourth-order valence-corrected chi connectivity index (χ4v) is 3.80. The molecule has 142 valence electrons. The first-order valence-electron chi connectivity index (χ1n) is 9.14. The van der Waals surface area contributed by atoms with Gasteiger partial charge in [0, 0.05) is 24.9 Å². The lowest BCUT2D eigenvalue weighted by Gasteiger charge is -2.12. The maximum Gasteiger partial charge on any atom is 0.191 e. The second-order valence-corrected chi connectivity index (χ2v) is 7.43. The largest absolute Gasteiger partial charge is 0.377 e. The summed E-state index contributed by atoms with van der Waals surface area (Å²) in [7, 11) is 0. The van der Waals surface area contributed by atoms with Crippen molar-refractivity contribution in [1.29, 1.82) is 0 Å². The van der Waals surface area contributed by atoms with Crippen molar-refractivity contribution in [3.63, 3.8) is 0 Å². The molecule has 1 aliphatic rings. The van der Waals surface area contributed by atoms with Gasteiger partial charge in [0.2, 0.25) is 0 Å². The van der Waals surface area contributed by atoms with Crippen LogP contribution in [0, 0.1) is 0 Å². The summed E-state index contributed by atoms with van der Waals surface area (Å²) in [6, 6.07) is 10.3. The Morgan fingerprint density at radius 2 is 2.08 bits per heavy atom. The van der Waals surface area contributed by atoms with Gasteiger partial charge in [-0.05, 0) is 43.9 Å². The molecule has 1 aromatic carbocycles. The summed E-state index contributed by atoms with van der Waals surface area (Å²) in [5.74, 6) is 2.25. The molecule has 1 heterocycles. The SMILES string of the molecule is CCNC(=NCC1CCCS1)NCCCCOCc1ccccc1.I. The fourth-order valence-electron chi connectivity index (χ4n) is 2.62. The lowest BCUT2D eigenvalue weighted by Crippen LogP contribution is -2.38. The van der Waals surface area contributed by atoms with Gasteiger partial charge in [-0.15, -0.1) is 24.0 Å². The van der Waals surface area contributed by atoms with Crippen LogP contribution >= 0.6 is 35.7 Å². The molecule has 0 amide bonds. The molecule has 25 heavy (non-hydrogen) atoms. The molecular weight excluding hydrogens is 445 g/mol. The minimum Gasteiger partial charge on any atom is -0.377 e. The van der Waals surface area contributed by atoms with Crippen LogP contribution in [0.5, 0.6) is 0 Å². The predicted octanol–water partition coefficient (Wildman–Crippen LogP) is 4.05. The number of hydrogen-bond acceptors (Lipinski definition) is 3. The zero-order valence-corrected chi connectivity index (χ0v) is 18.4. The van der Waals surface area contributed by atoms with Gasteiger partial charge in [0.25, 0.3) is 0 Å². The van der Waals surface area contributed by atoms with Crippen LogP contribution in [0.25, 0.3) is 0 Å². The Balaban J connectivity index is 0.00000312. The summed E-state index contributed by atoms with van der Waals surface area (Å²) >= 11 is 2.06. The Morgan fingerprint density at radius 1 is 1.24 bits per heavy atom. The fraction of sp³-hybridized carbons (Fsp3) is 0.632. The lowest BCUT2D eigenvalue weighted by atomic mass is 10.2. The van der Waals surface area contributed by atoms with Crippen molar-refractivity contribution in [3.05, 3.63) is 35.9 Å². The van der Waals surface area contributed by atoms with E-state index in [0.717, 1.165) is 45.0 Å². The van der Waals surface area contributed by atoms with E-state index >= 15 is 0 Å². The van der Waals surface area contributed by atoms with Crippen molar-refractivity contribution in [1.82, 2.24) is 10.6 Å². The summed E-state index contributed by atoms with van der Waals surface area (Å²) in [5.41, 5.74) is 1.24. The second-order valence-electron chi connectivity index (χ2n) is 6.03. The predicted molar refractivity (Wildman–Crippen MR) is 120 cm³/mol. The van der Waals surface area contributed by atoms with Crippen molar-refractivity contribution in [3.8, 4) is 0 Å². The van der Waals surface area contributed by atoms with Crippen LogP contribution in [0.1, 0.15) is 38.2 Å². The number of unbranched alkanes of at least 4 members (excludes halogenated alkanes) is 1. The molecule has 6 heteroatoms. The number of halogens is 1. The molecule has 1 aromatic rings. The molecule has 1 unspecified atom stereocenters.